The van der Waals surface area contributed by atoms with Crippen LogP contribution in [0.4, 0.5) is 10.1 Å². The Morgan fingerprint density at radius 2 is 1.81 bits per heavy atom. The number of quaternary nitrogens is 1. The van der Waals surface area contributed by atoms with E-state index in [1.54, 1.807) is 24.0 Å². The molecule has 1 saturated heterocycles. The topological polar surface area (TPSA) is 53.9 Å². The highest BCUT2D eigenvalue weighted by Crippen LogP contribution is 2.08. The molecule has 1 aromatic rings. The molecule has 1 aromatic carbocycles. The summed E-state index contributed by atoms with van der Waals surface area (Å²) in [7, 11) is 0. The Labute approximate surface area is 123 Å². The summed E-state index contributed by atoms with van der Waals surface area (Å²) in [6, 6.07) is 5.52. The summed E-state index contributed by atoms with van der Waals surface area (Å²) in [5, 5.41) is 2.79. The Bertz CT molecular complexity index is 510. The first-order valence-corrected chi connectivity index (χ1v) is 7.14. The van der Waals surface area contributed by atoms with Crippen LogP contribution in [-0.2, 0) is 9.59 Å². The van der Waals surface area contributed by atoms with Crippen molar-refractivity contribution in [2.24, 2.45) is 0 Å². The molecular formula is C15H21FN3O2+. The molecule has 0 bridgehead atoms. The van der Waals surface area contributed by atoms with Gasteiger partial charge in [0.15, 0.2) is 6.04 Å². The quantitative estimate of drug-likeness (QED) is 0.818. The number of rotatable bonds is 3. The Balaban J connectivity index is 1.88. The van der Waals surface area contributed by atoms with Crippen LogP contribution in [-0.4, -0.2) is 48.9 Å². The van der Waals surface area contributed by atoms with E-state index in [1.807, 2.05) is 6.92 Å². The van der Waals surface area contributed by atoms with E-state index in [4.69, 9.17) is 0 Å². The van der Waals surface area contributed by atoms with Crippen molar-refractivity contribution in [2.75, 3.05) is 31.5 Å². The van der Waals surface area contributed by atoms with Gasteiger partial charge in [-0.25, -0.2) is 4.39 Å². The summed E-state index contributed by atoms with van der Waals surface area (Å²) in [5.41, 5.74) is 0.593. The summed E-state index contributed by atoms with van der Waals surface area (Å²) >= 11 is 0. The molecule has 0 aliphatic carbocycles. The predicted octanol–water partition coefficient (Wildman–Crippen LogP) is -0.100. The number of nitrogens with one attached hydrogen (secondary N) is 2. The number of amides is 2. The molecule has 2 N–H and O–H groups in total. The minimum absolute atomic E-state index is 0.0810. The van der Waals surface area contributed by atoms with Crippen LogP contribution in [0.2, 0.25) is 0 Å². The normalized spacial score (nSPS) is 17.4. The van der Waals surface area contributed by atoms with E-state index in [0.29, 0.717) is 18.8 Å². The fourth-order valence-electron chi connectivity index (χ4n) is 2.51. The fraction of sp³-hybridized carbons (Fsp3) is 0.467. The number of anilines is 1. The highest BCUT2D eigenvalue weighted by atomic mass is 19.1. The number of nitrogens with zero attached hydrogens (tertiary/aromatic N) is 1. The zero-order chi connectivity index (χ0) is 15.4. The lowest BCUT2D eigenvalue weighted by atomic mass is 10.2. The molecule has 1 aliphatic rings. The Hall–Kier alpha value is -1.95. The van der Waals surface area contributed by atoms with Gasteiger partial charge >= 0.3 is 0 Å². The van der Waals surface area contributed by atoms with Gasteiger partial charge in [0.1, 0.15) is 5.82 Å². The second-order valence-corrected chi connectivity index (χ2v) is 5.38. The number of carbonyl (C=O) groups is 2. The maximum absolute atomic E-state index is 12.8. The van der Waals surface area contributed by atoms with Gasteiger partial charge in [0.05, 0.1) is 26.2 Å². The molecule has 2 rings (SSSR count). The van der Waals surface area contributed by atoms with E-state index in [9.17, 15) is 14.0 Å². The van der Waals surface area contributed by atoms with Crippen LogP contribution in [0.1, 0.15) is 13.8 Å². The van der Waals surface area contributed by atoms with E-state index in [-0.39, 0.29) is 23.7 Å². The van der Waals surface area contributed by atoms with Gasteiger partial charge in [-0.15, -0.1) is 0 Å². The molecule has 1 atom stereocenters. The molecule has 5 nitrogen and oxygen atoms in total. The van der Waals surface area contributed by atoms with Crippen molar-refractivity contribution in [3.05, 3.63) is 30.1 Å². The first kappa shape index (κ1) is 15.4. The second-order valence-electron chi connectivity index (χ2n) is 5.38. The summed E-state index contributed by atoms with van der Waals surface area (Å²) in [6.07, 6.45) is 0. The number of halogens is 1. The van der Waals surface area contributed by atoms with Gasteiger partial charge in [0, 0.05) is 12.6 Å². The molecule has 1 aliphatic heterocycles. The minimum atomic E-state index is -0.327. The van der Waals surface area contributed by atoms with Crippen molar-refractivity contribution < 1.29 is 18.9 Å². The number of hydrogen-bond acceptors (Lipinski definition) is 2. The predicted molar refractivity (Wildman–Crippen MR) is 77.4 cm³/mol. The van der Waals surface area contributed by atoms with Gasteiger partial charge in [-0.1, -0.05) is 0 Å². The molecule has 2 amide bonds. The van der Waals surface area contributed by atoms with Gasteiger partial charge in [-0.05, 0) is 31.2 Å². The van der Waals surface area contributed by atoms with Crippen LogP contribution < -0.4 is 10.2 Å². The van der Waals surface area contributed by atoms with Gasteiger partial charge in [0.2, 0.25) is 5.91 Å². The van der Waals surface area contributed by atoms with Gasteiger partial charge in [0.25, 0.3) is 5.91 Å². The maximum Gasteiger partial charge on any atom is 0.282 e. The van der Waals surface area contributed by atoms with Crippen LogP contribution in [0.15, 0.2) is 24.3 Å². The number of carbonyl (C=O) groups excluding carboxylic acids is 2. The molecule has 114 valence electrons. The molecule has 0 unspecified atom stereocenters. The molecule has 0 saturated carbocycles. The fourth-order valence-corrected chi connectivity index (χ4v) is 2.51. The lowest BCUT2D eigenvalue weighted by molar-refractivity contribution is -0.917. The third-order valence-corrected chi connectivity index (χ3v) is 3.97. The van der Waals surface area contributed by atoms with Crippen molar-refractivity contribution in [3.63, 3.8) is 0 Å². The van der Waals surface area contributed by atoms with Crippen molar-refractivity contribution in [1.82, 2.24) is 4.90 Å². The monoisotopic (exact) mass is 294 g/mol. The van der Waals surface area contributed by atoms with E-state index >= 15 is 0 Å². The Morgan fingerprint density at radius 3 is 2.33 bits per heavy atom. The number of hydrogen-bond donors (Lipinski definition) is 2. The first-order chi connectivity index (χ1) is 9.97. The zero-order valence-electron chi connectivity index (χ0n) is 12.4. The molecule has 21 heavy (non-hydrogen) atoms. The van der Waals surface area contributed by atoms with Gasteiger partial charge < -0.3 is 15.1 Å². The van der Waals surface area contributed by atoms with E-state index in [2.05, 4.69) is 5.32 Å². The minimum Gasteiger partial charge on any atom is -0.332 e. The number of piperazine rings is 1. The molecule has 0 spiro atoms. The molecule has 1 fully saturated rings. The highest BCUT2D eigenvalue weighted by Gasteiger charge is 2.29. The average Bonchev–Trinajstić information content (AvgIpc) is 2.49. The Kier molecular flexibility index (Phi) is 4.90. The largest absolute Gasteiger partial charge is 0.332 e. The third kappa shape index (κ3) is 4.01. The zero-order valence-corrected chi connectivity index (χ0v) is 12.4. The summed E-state index contributed by atoms with van der Waals surface area (Å²) in [6.45, 7) is 6.32. The lowest BCUT2D eigenvalue weighted by Gasteiger charge is -2.34. The van der Waals surface area contributed by atoms with Crippen LogP contribution in [0, 0.1) is 5.82 Å². The highest BCUT2D eigenvalue weighted by molar-refractivity contribution is 5.93. The van der Waals surface area contributed by atoms with Crippen LogP contribution in [0.25, 0.3) is 0 Å². The van der Waals surface area contributed by atoms with Crippen molar-refractivity contribution in [1.29, 1.82) is 0 Å². The lowest BCUT2D eigenvalue weighted by Crippen LogP contribution is -3.19. The summed E-state index contributed by atoms with van der Waals surface area (Å²) in [5.74, 6) is -0.336. The second kappa shape index (κ2) is 6.67. The maximum atomic E-state index is 12.8. The van der Waals surface area contributed by atoms with Crippen molar-refractivity contribution in [2.45, 2.75) is 19.9 Å². The third-order valence-electron chi connectivity index (χ3n) is 3.97. The number of benzene rings is 1. The standard InChI is InChI=1S/C15H20FN3O2/c1-11(18-7-9-19(10-8-18)12(2)20)15(21)17-14-5-3-13(16)4-6-14/h3-6,11H,7-10H2,1-2H3,(H,17,21)/p+1/t11-/m1/s1. The van der Waals surface area contributed by atoms with Crippen LogP contribution in [0.3, 0.4) is 0 Å². The molecule has 0 aromatic heterocycles. The van der Waals surface area contributed by atoms with Gasteiger partial charge in [-0.2, -0.15) is 0 Å². The Morgan fingerprint density at radius 1 is 1.24 bits per heavy atom. The SMILES string of the molecule is CC(=O)N1CC[NH+]([C@H](C)C(=O)Nc2ccc(F)cc2)CC1. The van der Waals surface area contributed by atoms with Crippen LogP contribution in [0.5, 0.6) is 0 Å². The molecule has 1 heterocycles. The first-order valence-electron chi connectivity index (χ1n) is 7.14. The average molecular weight is 294 g/mol. The smallest absolute Gasteiger partial charge is 0.282 e. The molecule has 6 heteroatoms. The summed E-state index contributed by atoms with van der Waals surface area (Å²) < 4.78 is 12.8. The molecular weight excluding hydrogens is 273 g/mol. The van der Waals surface area contributed by atoms with E-state index < -0.39 is 0 Å². The van der Waals surface area contributed by atoms with E-state index in [1.165, 1.54) is 12.1 Å². The van der Waals surface area contributed by atoms with Crippen LogP contribution >= 0.6 is 0 Å². The van der Waals surface area contributed by atoms with E-state index in [0.717, 1.165) is 18.0 Å². The van der Waals surface area contributed by atoms with Crippen molar-refractivity contribution in [3.8, 4) is 0 Å². The summed E-state index contributed by atoms with van der Waals surface area (Å²) in [4.78, 5) is 26.4. The molecule has 0 radical (unpaired) electrons. The van der Waals surface area contributed by atoms with Gasteiger partial charge in [-0.3, -0.25) is 9.59 Å². The van der Waals surface area contributed by atoms with Crippen molar-refractivity contribution >= 4 is 17.5 Å².